The Labute approximate surface area is 151 Å². The summed E-state index contributed by atoms with van der Waals surface area (Å²) < 4.78 is 0. The second-order valence-electron chi connectivity index (χ2n) is 7.42. The minimum atomic E-state index is -0.745. The quantitative estimate of drug-likeness (QED) is 0.635. The smallest absolute Gasteiger partial charge is 0.234 e. The molecule has 0 N–H and O–H groups in total. The van der Waals surface area contributed by atoms with E-state index in [2.05, 4.69) is 12.1 Å². The Hall–Kier alpha value is -2.75. The van der Waals surface area contributed by atoms with Crippen LogP contribution in [-0.2, 0) is 19.8 Å². The SMILES string of the molecule is CCN1C(=O)C2C3c4ccccc4C(CC=O)(c4ccccc43)C2C1=O. The van der Waals surface area contributed by atoms with Crippen LogP contribution in [0, 0.1) is 11.8 Å². The average molecular weight is 345 g/mol. The van der Waals surface area contributed by atoms with Gasteiger partial charge in [-0.15, -0.1) is 0 Å². The summed E-state index contributed by atoms with van der Waals surface area (Å²) in [5.74, 6) is -1.23. The van der Waals surface area contributed by atoms with Crippen LogP contribution in [0.1, 0.15) is 41.5 Å². The fourth-order valence-electron chi connectivity index (χ4n) is 5.78. The van der Waals surface area contributed by atoms with Crippen molar-refractivity contribution in [1.82, 2.24) is 4.90 Å². The number of hydrogen-bond acceptors (Lipinski definition) is 3. The van der Waals surface area contributed by atoms with Crippen molar-refractivity contribution in [3.63, 3.8) is 0 Å². The summed E-state index contributed by atoms with van der Waals surface area (Å²) in [5.41, 5.74) is 3.51. The van der Waals surface area contributed by atoms with Crippen molar-refractivity contribution >= 4 is 18.1 Å². The van der Waals surface area contributed by atoms with Gasteiger partial charge in [0, 0.05) is 24.3 Å². The molecular formula is C22H19NO3. The van der Waals surface area contributed by atoms with Gasteiger partial charge in [0.1, 0.15) is 6.29 Å². The summed E-state index contributed by atoms with van der Waals surface area (Å²) in [7, 11) is 0. The van der Waals surface area contributed by atoms with E-state index in [1.165, 1.54) is 4.90 Å². The summed E-state index contributed by atoms with van der Waals surface area (Å²) >= 11 is 0. The fourth-order valence-corrected chi connectivity index (χ4v) is 5.78. The number of imide groups is 1. The van der Waals surface area contributed by atoms with Crippen LogP contribution in [-0.4, -0.2) is 29.5 Å². The normalized spacial score (nSPS) is 30.8. The third-order valence-corrected chi connectivity index (χ3v) is 6.61. The zero-order valence-corrected chi connectivity index (χ0v) is 14.5. The number of amides is 2. The third-order valence-electron chi connectivity index (χ3n) is 6.61. The maximum atomic E-state index is 13.3. The summed E-state index contributed by atoms with van der Waals surface area (Å²) in [4.78, 5) is 39.6. The minimum Gasteiger partial charge on any atom is -0.303 e. The van der Waals surface area contributed by atoms with E-state index in [-0.39, 0.29) is 24.2 Å². The summed E-state index contributed by atoms with van der Waals surface area (Å²) in [6.45, 7) is 2.21. The van der Waals surface area contributed by atoms with E-state index in [4.69, 9.17) is 0 Å². The Morgan fingerprint density at radius 2 is 1.54 bits per heavy atom. The fraction of sp³-hybridized carbons (Fsp3) is 0.318. The van der Waals surface area contributed by atoms with Crippen molar-refractivity contribution in [3.05, 3.63) is 70.8 Å². The van der Waals surface area contributed by atoms with Crippen LogP contribution in [0.3, 0.4) is 0 Å². The van der Waals surface area contributed by atoms with E-state index in [0.29, 0.717) is 6.54 Å². The molecule has 2 unspecified atom stereocenters. The molecular weight excluding hydrogens is 326 g/mol. The predicted octanol–water partition coefficient (Wildman–Crippen LogP) is 2.64. The number of carbonyl (C=O) groups excluding carboxylic acids is 3. The van der Waals surface area contributed by atoms with Crippen LogP contribution < -0.4 is 0 Å². The zero-order chi connectivity index (χ0) is 18.1. The van der Waals surface area contributed by atoms with E-state index in [1.807, 2.05) is 43.3 Å². The average Bonchev–Trinajstić information content (AvgIpc) is 2.94. The predicted molar refractivity (Wildman–Crippen MR) is 95.6 cm³/mol. The first-order valence-electron chi connectivity index (χ1n) is 9.14. The highest BCUT2D eigenvalue weighted by Gasteiger charge is 2.67. The molecule has 6 rings (SSSR count). The van der Waals surface area contributed by atoms with Crippen molar-refractivity contribution in [3.8, 4) is 0 Å². The second kappa shape index (κ2) is 5.13. The molecule has 2 aromatic rings. The molecule has 2 aromatic carbocycles. The number of benzene rings is 2. The Morgan fingerprint density at radius 3 is 2.08 bits per heavy atom. The highest BCUT2D eigenvalue weighted by molar-refractivity contribution is 6.08. The molecule has 1 aliphatic heterocycles. The van der Waals surface area contributed by atoms with E-state index in [0.717, 1.165) is 28.5 Å². The summed E-state index contributed by atoms with van der Waals surface area (Å²) in [6.07, 6.45) is 1.12. The third kappa shape index (κ3) is 1.54. The highest BCUT2D eigenvalue weighted by Crippen LogP contribution is 2.64. The standard InChI is InChI=1S/C22H19NO3/c1-2-23-20(25)18-17-13-7-3-5-9-15(13)22(11-12-24,19(18)21(23)26)16-10-6-4-8-14(16)17/h3-10,12,17-19H,2,11H2,1H3. The monoisotopic (exact) mass is 345 g/mol. The molecule has 2 bridgehead atoms. The molecule has 4 aliphatic rings. The molecule has 1 heterocycles. The van der Waals surface area contributed by atoms with Gasteiger partial charge >= 0.3 is 0 Å². The van der Waals surface area contributed by atoms with E-state index < -0.39 is 17.3 Å². The van der Waals surface area contributed by atoms with Crippen LogP contribution in [0.25, 0.3) is 0 Å². The van der Waals surface area contributed by atoms with Gasteiger partial charge in [0.15, 0.2) is 0 Å². The lowest BCUT2D eigenvalue weighted by Crippen LogP contribution is -2.53. The van der Waals surface area contributed by atoms with Crippen molar-refractivity contribution in [2.45, 2.75) is 24.7 Å². The highest BCUT2D eigenvalue weighted by atomic mass is 16.2. The Kier molecular flexibility index (Phi) is 3.06. The molecule has 26 heavy (non-hydrogen) atoms. The zero-order valence-electron chi connectivity index (χ0n) is 14.5. The maximum Gasteiger partial charge on any atom is 0.234 e. The summed E-state index contributed by atoms with van der Waals surface area (Å²) in [5, 5.41) is 0. The molecule has 1 fully saturated rings. The second-order valence-corrected chi connectivity index (χ2v) is 7.42. The van der Waals surface area contributed by atoms with Crippen LogP contribution in [0.5, 0.6) is 0 Å². The Bertz CT molecular complexity index is 916. The molecule has 0 aromatic heterocycles. The first kappa shape index (κ1) is 15.5. The van der Waals surface area contributed by atoms with E-state index in [9.17, 15) is 14.4 Å². The minimum absolute atomic E-state index is 0.0909. The molecule has 3 aliphatic carbocycles. The lowest BCUT2D eigenvalue weighted by Gasteiger charge is -2.53. The maximum absolute atomic E-state index is 13.3. The van der Waals surface area contributed by atoms with Crippen LogP contribution in [0.15, 0.2) is 48.5 Å². The number of nitrogens with zero attached hydrogens (tertiary/aromatic N) is 1. The van der Waals surface area contributed by atoms with Crippen LogP contribution >= 0.6 is 0 Å². The van der Waals surface area contributed by atoms with Crippen molar-refractivity contribution in [2.75, 3.05) is 6.54 Å². The van der Waals surface area contributed by atoms with E-state index >= 15 is 0 Å². The molecule has 0 saturated carbocycles. The molecule has 4 heteroatoms. The molecule has 1 saturated heterocycles. The molecule has 4 nitrogen and oxygen atoms in total. The lowest BCUT2D eigenvalue weighted by molar-refractivity contribution is -0.139. The van der Waals surface area contributed by atoms with Gasteiger partial charge in [-0.05, 0) is 29.2 Å². The number of likely N-dealkylation sites (tertiary alicyclic amines) is 1. The Morgan fingerprint density at radius 1 is 0.962 bits per heavy atom. The topological polar surface area (TPSA) is 54.5 Å². The van der Waals surface area contributed by atoms with Crippen molar-refractivity contribution in [2.24, 2.45) is 11.8 Å². The molecule has 2 amide bonds. The molecule has 130 valence electrons. The van der Waals surface area contributed by atoms with Gasteiger partial charge in [0.05, 0.1) is 11.8 Å². The first-order valence-corrected chi connectivity index (χ1v) is 9.14. The van der Waals surface area contributed by atoms with E-state index in [1.54, 1.807) is 0 Å². The van der Waals surface area contributed by atoms with Crippen molar-refractivity contribution < 1.29 is 14.4 Å². The molecule has 2 atom stereocenters. The lowest BCUT2D eigenvalue weighted by atomic mass is 9.46. The van der Waals surface area contributed by atoms with Gasteiger partial charge in [-0.1, -0.05) is 48.5 Å². The number of rotatable bonds is 3. The van der Waals surface area contributed by atoms with Crippen molar-refractivity contribution in [1.29, 1.82) is 0 Å². The summed E-state index contributed by atoms with van der Waals surface area (Å²) in [6, 6.07) is 16.0. The van der Waals surface area contributed by atoms with Gasteiger partial charge < -0.3 is 4.79 Å². The van der Waals surface area contributed by atoms with Gasteiger partial charge in [0.25, 0.3) is 0 Å². The number of aldehydes is 1. The van der Waals surface area contributed by atoms with Gasteiger partial charge in [-0.2, -0.15) is 0 Å². The number of carbonyl (C=O) groups is 3. The van der Waals surface area contributed by atoms with Crippen LogP contribution in [0.4, 0.5) is 0 Å². The largest absolute Gasteiger partial charge is 0.303 e. The van der Waals surface area contributed by atoms with Crippen LogP contribution in [0.2, 0.25) is 0 Å². The molecule has 0 spiro atoms. The first-order chi connectivity index (χ1) is 12.7. The Balaban J connectivity index is 1.91. The van der Waals surface area contributed by atoms with Gasteiger partial charge in [-0.3, -0.25) is 14.5 Å². The van der Waals surface area contributed by atoms with Gasteiger partial charge in [-0.25, -0.2) is 0 Å². The van der Waals surface area contributed by atoms with Gasteiger partial charge in [0.2, 0.25) is 11.8 Å². The number of hydrogen-bond donors (Lipinski definition) is 0. The molecule has 0 radical (unpaired) electrons.